The van der Waals surface area contributed by atoms with Crippen molar-refractivity contribution in [1.29, 1.82) is 0 Å². The van der Waals surface area contributed by atoms with Crippen LogP contribution in [0.4, 0.5) is 10.5 Å². The number of amides is 3. The highest BCUT2D eigenvalue weighted by molar-refractivity contribution is 5.91. The van der Waals surface area contributed by atoms with Gasteiger partial charge in [-0.2, -0.15) is 0 Å². The van der Waals surface area contributed by atoms with E-state index in [1.165, 1.54) is 12.8 Å². The molecule has 27 heavy (non-hydrogen) atoms. The van der Waals surface area contributed by atoms with Gasteiger partial charge in [0.05, 0.1) is 12.0 Å². The van der Waals surface area contributed by atoms with Gasteiger partial charge in [-0.25, -0.2) is 4.79 Å². The number of likely N-dealkylation sites (tertiary alicyclic amines) is 2. The van der Waals surface area contributed by atoms with Gasteiger partial charge in [-0.3, -0.25) is 4.79 Å². The number of hydrogen-bond donors (Lipinski definition) is 1. The van der Waals surface area contributed by atoms with Gasteiger partial charge >= 0.3 is 6.03 Å². The van der Waals surface area contributed by atoms with Crippen LogP contribution >= 0.6 is 0 Å². The number of anilines is 1. The fraction of sp³-hybridized carbons (Fsp3) is 0.619. The average molecular weight is 371 g/mol. The lowest BCUT2D eigenvalue weighted by Crippen LogP contribution is -2.51. The van der Waals surface area contributed by atoms with Crippen LogP contribution in [0.1, 0.15) is 39.0 Å². The number of urea groups is 1. The van der Waals surface area contributed by atoms with Crippen molar-refractivity contribution in [2.45, 2.75) is 39.0 Å². The van der Waals surface area contributed by atoms with E-state index in [-0.39, 0.29) is 17.4 Å². The predicted octanol–water partition coefficient (Wildman–Crippen LogP) is 3.34. The van der Waals surface area contributed by atoms with E-state index >= 15 is 0 Å². The number of nitrogens with zero attached hydrogens (tertiary/aromatic N) is 2. The Bertz CT molecular complexity index is 701. The summed E-state index contributed by atoms with van der Waals surface area (Å²) in [6, 6.07) is 7.27. The van der Waals surface area contributed by atoms with Crippen molar-refractivity contribution >= 4 is 17.6 Å². The number of piperidine rings is 1. The highest BCUT2D eigenvalue weighted by Crippen LogP contribution is 2.41. The van der Waals surface area contributed by atoms with Crippen LogP contribution in [-0.4, -0.2) is 54.5 Å². The molecule has 1 aromatic rings. The van der Waals surface area contributed by atoms with Crippen LogP contribution in [0.3, 0.4) is 0 Å². The summed E-state index contributed by atoms with van der Waals surface area (Å²) < 4.78 is 5.43. The number of carbonyl (C=O) groups excluding carboxylic acids is 2. The van der Waals surface area contributed by atoms with Crippen LogP contribution < -0.4 is 10.1 Å². The molecule has 3 aliphatic rings. The van der Waals surface area contributed by atoms with Crippen molar-refractivity contribution in [3.8, 4) is 5.75 Å². The molecule has 2 heterocycles. The van der Waals surface area contributed by atoms with Gasteiger partial charge in [-0.15, -0.1) is 0 Å². The van der Waals surface area contributed by atoms with Crippen LogP contribution in [0.15, 0.2) is 24.3 Å². The molecule has 3 fully saturated rings. The minimum absolute atomic E-state index is 0.122. The molecule has 0 bridgehead atoms. The van der Waals surface area contributed by atoms with Crippen molar-refractivity contribution in [3.05, 3.63) is 24.3 Å². The second kappa shape index (κ2) is 7.41. The van der Waals surface area contributed by atoms with Gasteiger partial charge in [0.2, 0.25) is 5.91 Å². The lowest BCUT2D eigenvalue weighted by Gasteiger charge is -2.39. The summed E-state index contributed by atoms with van der Waals surface area (Å²) in [7, 11) is 0. The third kappa shape index (κ3) is 3.89. The van der Waals surface area contributed by atoms with Gasteiger partial charge in [-0.05, 0) is 69.2 Å². The maximum absolute atomic E-state index is 13.1. The number of hydrogen-bond acceptors (Lipinski definition) is 3. The zero-order valence-corrected chi connectivity index (χ0v) is 16.1. The number of rotatable bonds is 5. The van der Waals surface area contributed by atoms with E-state index in [2.05, 4.69) is 10.2 Å². The number of nitrogens with one attached hydrogen (secondary N) is 1. The Morgan fingerprint density at radius 1 is 1.22 bits per heavy atom. The van der Waals surface area contributed by atoms with Crippen LogP contribution in [0.25, 0.3) is 0 Å². The smallest absolute Gasteiger partial charge is 0.321 e. The zero-order chi connectivity index (χ0) is 18.9. The lowest BCUT2D eigenvalue weighted by molar-refractivity contribution is -0.145. The normalized spacial score (nSPS) is 25.1. The zero-order valence-electron chi connectivity index (χ0n) is 16.1. The maximum Gasteiger partial charge on any atom is 0.321 e. The monoisotopic (exact) mass is 371 g/mol. The molecule has 1 atom stereocenters. The molecule has 1 spiro atoms. The molecule has 2 saturated heterocycles. The highest BCUT2D eigenvalue weighted by Gasteiger charge is 2.49. The molecular weight excluding hydrogens is 342 g/mol. The fourth-order valence-electron chi connectivity index (χ4n) is 4.37. The van der Waals surface area contributed by atoms with E-state index in [4.69, 9.17) is 4.74 Å². The average Bonchev–Trinajstić information content (AvgIpc) is 3.38. The molecule has 1 N–H and O–H groups in total. The summed E-state index contributed by atoms with van der Waals surface area (Å²) in [5.41, 5.74) is 0.387. The van der Waals surface area contributed by atoms with Crippen molar-refractivity contribution in [2.24, 2.45) is 11.3 Å². The standard InChI is InChI=1S/C21H29N3O3/c1-2-27-18-8-6-17(7-9-18)22-20(26)24-13-11-21(15-24)10-3-12-23(19(21)25)14-16-4-5-16/h6-9,16H,2-5,10-15H2,1H3,(H,22,26)/t21-/m0/s1. The van der Waals surface area contributed by atoms with Crippen LogP contribution in [0, 0.1) is 11.3 Å². The predicted molar refractivity (Wildman–Crippen MR) is 104 cm³/mol. The van der Waals surface area contributed by atoms with E-state index in [0.717, 1.165) is 43.8 Å². The molecule has 1 aromatic carbocycles. The lowest BCUT2D eigenvalue weighted by atomic mass is 9.78. The highest BCUT2D eigenvalue weighted by atomic mass is 16.5. The number of ether oxygens (including phenoxy) is 1. The fourth-order valence-corrected chi connectivity index (χ4v) is 4.37. The van der Waals surface area contributed by atoms with Gasteiger partial charge in [-0.1, -0.05) is 0 Å². The van der Waals surface area contributed by atoms with Gasteiger partial charge in [0.1, 0.15) is 5.75 Å². The number of benzene rings is 1. The first kappa shape index (κ1) is 18.1. The molecular formula is C21H29N3O3. The third-order valence-corrected chi connectivity index (χ3v) is 6.06. The summed E-state index contributed by atoms with van der Waals surface area (Å²) >= 11 is 0. The van der Waals surface area contributed by atoms with E-state index in [0.29, 0.717) is 25.6 Å². The van der Waals surface area contributed by atoms with Gasteiger partial charge in [0, 0.05) is 31.9 Å². The summed E-state index contributed by atoms with van der Waals surface area (Å²) in [6.45, 7) is 5.54. The second-order valence-corrected chi connectivity index (χ2v) is 8.14. The minimum atomic E-state index is -0.358. The Hall–Kier alpha value is -2.24. The van der Waals surface area contributed by atoms with Crippen molar-refractivity contribution < 1.29 is 14.3 Å². The van der Waals surface area contributed by atoms with Gasteiger partial charge in [0.15, 0.2) is 0 Å². The van der Waals surface area contributed by atoms with Gasteiger partial charge < -0.3 is 19.9 Å². The van der Waals surface area contributed by atoms with Crippen LogP contribution in [-0.2, 0) is 4.79 Å². The molecule has 3 amide bonds. The topological polar surface area (TPSA) is 61.9 Å². The second-order valence-electron chi connectivity index (χ2n) is 8.14. The molecule has 0 radical (unpaired) electrons. The molecule has 6 nitrogen and oxygen atoms in total. The molecule has 6 heteroatoms. The number of carbonyl (C=O) groups is 2. The summed E-state index contributed by atoms with van der Waals surface area (Å²) in [5, 5.41) is 2.95. The van der Waals surface area contributed by atoms with Crippen LogP contribution in [0.2, 0.25) is 0 Å². The Balaban J connectivity index is 1.36. The SMILES string of the molecule is CCOc1ccc(NC(=O)N2CC[C@@]3(CCCN(CC4CC4)C3=O)C2)cc1. The van der Waals surface area contributed by atoms with E-state index in [1.54, 1.807) is 4.90 Å². The first-order valence-electron chi connectivity index (χ1n) is 10.2. The Labute approximate surface area is 160 Å². The van der Waals surface area contributed by atoms with Gasteiger partial charge in [0.25, 0.3) is 0 Å². The van der Waals surface area contributed by atoms with E-state index in [1.807, 2.05) is 31.2 Å². The molecule has 1 saturated carbocycles. The Morgan fingerprint density at radius 3 is 2.70 bits per heavy atom. The summed E-state index contributed by atoms with van der Waals surface area (Å²) in [5.74, 6) is 1.78. The Kier molecular flexibility index (Phi) is 4.98. The molecule has 0 unspecified atom stereocenters. The van der Waals surface area contributed by atoms with Crippen LogP contribution in [0.5, 0.6) is 5.75 Å². The van der Waals surface area contributed by atoms with E-state index in [9.17, 15) is 9.59 Å². The first-order valence-corrected chi connectivity index (χ1v) is 10.2. The largest absolute Gasteiger partial charge is 0.494 e. The molecule has 1 aliphatic carbocycles. The van der Waals surface area contributed by atoms with Crippen molar-refractivity contribution in [3.63, 3.8) is 0 Å². The minimum Gasteiger partial charge on any atom is -0.494 e. The molecule has 2 aliphatic heterocycles. The maximum atomic E-state index is 13.1. The molecule has 0 aromatic heterocycles. The molecule has 4 rings (SSSR count). The van der Waals surface area contributed by atoms with Crippen molar-refractivity contribution in [2.75, 3.05) is 38.1 Å². The summed E-state index contributed by atoms with van der Waals surface area (Å²) in [6.07, 6.45) is 5.25. The van der Waals surface area contributed by atoms with Crippen molar-refractivity contribution in [1.82, 2.24) is 9.80 Å². The Morgan fingerprint density at radius 2 is 2.00 bits per heavy atom. The first-order chi connectivity index (χ1) is 13.1. The molecule has 146 valence electrons. The summed E-state index contributed by atoms with van der Waals surface area (Å²) in [4.78, 5) is 29.6. The third-order valence-electron chi connectivity index (χ3n) is 6.06. The van der Waals surface area contributed by atoms with E-state index < -0.39 is 0 Å². The quantitative estimate of drug-likeness (QED) is 0.863.